The van der Waals surface area contributed by atoms with Gasteiger partial charge in [-0.2, -0.15) is 0 Å². The smallest absolute Gasteiger partial charge is 0.159 e. The van der Waals surface area contributed by atoms with E-state index in [9.17, 15) is 0 Å². The highest BCUT2D eigenvalue weighted by molar-refractivity contribution is 7.25. The highest BCUT2D eigenvalue weighted by Crippen LogP contribution is 2.45. The van der Waals surface area contributed by atoms with Crippen molar-refractivity contribution in [2.45, 2.75) is 32.0 Å². The fourth-order valence-corrected chi connectivity index (χ4v) is 13.1. The summed E-state index contributed by atoms with van der Waals surface area (Å²) >= 11 is 1.86. The summed E-state index contributed by atoms with van der Waals surface area (Å²) in [4.78, 5) is 5.96. The van der Waals surface area contributed by atoms with Gasteiger partial charge in [0, 0.05) is 58.9 Å². The van der Waals surface area contributed by atoms with Crippen LogP contribution in [0.1, 0.15) is 48.7 Å². The molecule has 1 aliphatic rings. The van der Waals surface area contributed by atoms with Gasteiger partial charge in [-0.1, -0.05) is 177 Å². The Kier molecular flexibility index (Phi) is 9.41. The summed E-state index contributed by atoms with van der Waals surface area (Å²) in [5, 5.41) is 18.6. The van der Waals surface area contributed by atoms with E-state index >= 15 is 0 Å². The molecule has 0 amide bonds. The van der Waals surface area contributed by atoms with Gasteiger partial charge < -0.3 is 8.98 Å². The molecule has 15 rings (SSSR count). The highest BCUT2D eigenvalue weighted by atomic mass is 32.1. The summed E-state index contributed by atoms with van der Waals surface area (Å²) in [5.41, 5.74) is 12.2. The van der Waals surface area contributed by atoms with Crippen molar-refractivity contribution in [1.82, 2.24) is 9.88 Å². The topological polar surface area (TPSA) is 42.5 Å². The maximum atomic E-state index is 7.20. The zero-order valence-electron chi connectivity index (χ0n) is 39.6. The molecule has 342 valence electrons. The van der Waals surface area contributed by atoms with Crippen molar-refractivity contribution in [2.75, 3.05) is 0 Å². The van der Waals surface area contributed by atoms with Crippen molar-refractivity contribution in [1.29, 1.82) is 0 Å². The summed E-state index contributed by atoms with van der Waals surface area (Å²) in [5.74, 6) is 0.296. The monoisotopic (exact) mass is 941 g/mol. The van der Waals surface area contributed by atoms with E-state index in [1.807, 2.05) is 11.3 Å². The lowest BCUT2D eigenvalue weighted by Crippen LogP contribution is -2.33. The molecule has 0 fully saturated rings. The molecule has 0 aliphatic carbocycles. The Morgan fingerprint density at radius 3 is 2.00 bits per heavy atom. The molecule has 0 spiro atoms. The Morgan fingerprint density at radius 2 is 1.17 bits per heavy atom. The van der Waals surface area contributed by atoms with E-state index in [4.69, 9.17) is 9.41 Å². The Bertz CT molecular complexity index is 4520. The van der Waals surface area contributed by atoms with E-state index in [0.29, 0.717) is 5.92 Å². The molecule has 3 aromatic heterocycles. The van der Waals surface area contributed by atoms with Crippen LogP contribution in [-0.4, -0.2) is 10.3 Å². The average Bonchev–Trinajstić information content (AvgIpc) is 4.11. The molecular formula is C67H47N3OS. The number of rotatable bonds is 5. The molecule has 5 heteroatoms. The van der Waals surface area contributed by atoms with E-state index in [1.54, 1.807) is 0 Å². The van der Waals surface area contributed by atoms with E-state index < -0.39 is 0 Å². The summed E-state index contributed by atoms with van der Waals surface area (Å²) < 4.78 is 12.3. The number of aromatic nitrogens is 1. The molecule has 11 aromatic carbocycles. The second kappa shape index (κ2) is 16.4. The molecule has 1 aliphatic heterocycles. The second-order valence-corrected chi connectivity index (χ2v) is 20.9. The summed E-state index contributed by atoms with van der Waals surface area (Å²) in [6.07, 6.45) is 1.44. The van der Waals surface area contributed by atoms with Gasteiger partial charge in [0.2, 0.25) is 0 Å². The van der Waals surface area contributed by atoms with Crippen LogP contribution < -0.4 is 5.32 Å². The van der Waals surface area contributed by atoms with E-state index in [1.165, 1.54) is 85.5 Å². The average molecular weight is 942 g/mol. The first kappa shape index (κ1) is 41.4. The summed E-state index contributed by atoms with van der Waals surface area (Å²) in [6, 6.07) is 80.4. The predicted molar refractivity (Wildman–Crippen MR) is 305 cm³/mol. The molecule has 0 saturated heterocycles. The normalized spacial score (nSPS) is 16.7. The lowest BCUT2D eigenvalue weighted by molar-refractivity contribution is 0.328. The fourth-order valence-electron chi connectivity index (χ4n) is 12.0. The van der Waals surface area contributed by atoms with Crippen LogP contribution in [0.4, 0.5) is 0 Å². The quantitative estimate of drug-likeness (QED) is 0.187. The first-order valence-corrected chi connectivity index (χ1v) is 26.0. The molecule has 4 heterocycles. The zero-order valence-corrected chi connectivity index (χ0v) is 40.5. The van der Waals surface area contributed by atoms with Crippen LogP contribution in [0.25, 0.3) is 113 Å². The van der Waals surface area contributed by atoms with Crippen molar-refractivity contribution < 1.29 is 4.42 Å². The van der Waals surface area contributed by atoms with Gasteiger partial charge in [0.05, 0.1) is 16.7 Å². The van der Waals surface area contributed by atoms with Crippen LogP contribution in [0.5, 0.6) is 0 Å². The van der Waals surface area contributed by atoms with Crippen molar-refractivity contribution >= 4 is 113 Å². The van der Waals surface area contributed by atoms with Crippen molar-refractivity contribution in [3.8, 4) is 16.8 Å². The van der Waals surface area contributed by atoms with Crippen molar-refractivity contribution in [2.24, 2.45) is 10.9 Å². The number of fused-ring (bicyclic) bond motifs is 14. The molecular weight excluding hydrogens is 895 g/mol. The molecule has 1 N–H and O–H groups in total. The minimum atomic E-state index is -0.325. The van der Waals surface area contributed by atoms with Gasteiger partial charge in [0.1, 0.15) is 11.7 Å². The van der Waals surface area contributed by atoms with Gasteiger partial charge in [0.25, 0.3) is 0 Å². The third kappa shape index (κ3) is 6.58. The minimum Gasteiger partial charge on any atom is -0.454 e. The molecule has 72 heavy (non-hydrogen) atoms. The third-order valence-corrected chi connectivity index (χ3v) is 16.8. The lowest BCUT2D eigenvalue weighted by Gasteiger charge is -2.32. The van der Waals surface area contributed by atoms with Crippen LogP contribution in [-0.2, 0) is 0 Å². The van der Waals surface area contributed by atoms with Crippen LogP contribution in [0.15, 0.2) is 228 Å². The van der Waals surface area contributed by atoms with Crippen LogP contribution >= 0.6 is 11.3 Å². The third-order valence-electron chi connectivity index (χ3n) is 15.7. The number of aliphatic imine (C=N–C) groups is 1. The van der Waals surface area contributed by atoms with Crippen LogP contribution in [0.2, 0.25) is 0 Å². The zero-order chi connectivity index (χ0) is 47.4. The number of nitrogens with one attached hydrogen (secondary N) is 1. The lowest BCUT2D eigenvalue weighted by atomic mass is 9.86. The van der Waals surface area contributed by atoms with E-state index in [2.05, 4.69) is 235 Å². The number of hydrogen-bond donors (Lipinski definition) is 1. The summed E-state index contributed by atoms with van der Waals surface area (Å²) in [6.45, 7) is 2.41. The molecule has 14 aromatic rings. The maximum Gasteiger partial charge on any atom is 0.159 e. The minimum absolute atomic E-state index is 0.0722. The fraction of sp³-hybridized carbons (Fsp3) is 0.0896. The van der Waals surface area contributed by atoms with Gasteiger partial charge >= 0.3 is 0 Å². The molecule has 4 nitrogen and oxygen atoms in total. The Labute approximate surface area is 420 Å². The highest BCUT2D eigenvalue weighted by Gasteiger charge is 2.29. The number of furan rings is 1. The number of thiophene rings is 1. The number of nitrogens with zero attached hydrogens (tertiary/aromatic N) is 2. The second-order valence-electron chi connectivity index (χ2n) is 19.8. The van der Waals surface area contributed by atoms with Crippen LogP contribution in [0.3, 0.4) is 0 Å². The van der Waals surface area contributed by atoms with Gasteiger partial charge in [-0.3, -0.25) is 10.3 Å². The van der Waals surface area contributed by atoms with Gasteiger partial charge in [-0.15, -0.1) is 11.3 Å². The maximum absolute atomic E-state index is 7.20. The largest absolute Gasteiger partial charge is 0.454 e. The summed E-state index contributed by atoms with van der Waals surface area (Å²) in [7, 11) is 0. The molecule has 0 saturated carbocycles. The SMILES string of the molecule is CC1CCC(c2cc(-n3c4cc5ccccc5cc4c4ccc5ccccc5c43)c3oc4ccc5ccccc5c4c3c2)=NC(c2ccc3sc4ccccc4c3c2)NC1c1ccc(-c2ccccc2)cc1. The van der Waals surface area contributed by atoms with Crippen molar-refractivity contribution in [3.63, 3.8) is 0 Å². The van der Waals surface area contributed by atoms with Crippen molar-refractivity contribution in [3.05, 3.63) is 235 Å². The Hall–Kier alpha value is -8.35. The van der Waals surface area contributed by atoms with E-state index in [-0.39, 0.29) is 12.2 Å². The Balaban J connectivity index is 0.992. The van der Waals surface area contributed by atoms with Gasteiger partial charge in [0.15, 0.2) is 5.58 Å². The van der Waals surface area contributed by atoms with Gasteiger partial charge in [-0.25, -0.2) is 0 Å². The van der Waals surface area contributed by atoms with Gasteiger partial charge in [-0.05, 0) is 122 Å². The number of benzene rings is 11. The van der Waals surface area contributed by atoms with Crippen LogP contribution in [0, 0.1) is 5.92 Å². The first-order chi connectivity index (χ1) is 35.6. The Morgan fingerprint density at radius 1 is 0.500 bits per heavy atom. The predicted octanol–water partition coefficient (Wildman–Crippen LogP) is 18.4. The standard InChI is InChI=1S/C67H47N3OS/c1-40-23-32-57(68-67(48-30-34-62-55(36-48)52-21-11-12-22-61(52)72-62)69-64(40)45-26-24-42(25-27-45)41-13-3-2-4-14-41)49-37-56-63-50-19-9-7-15-43(50)29-33-60(63)71-66(56)59(39-49)70-58-38-47-18-6-5-17-46(47)35-54(58)53-31-28-44-16-8-10-20-51(44)65(53)70/h2-22,24-31,33-40,64,67,69H,23,32H2,1H3. The molecule has 0 radical (unpaired) electrons. The number of hydrogen-bond acceptors (Lipinski definition) is 4. The molecule has 0 bridgehead atoms. The molecule has 3 atom stereocenters. The first-order valence-electron chi connectivity index (χ1n) is 25.2. The molecule has 3 unspecified atom stereocenters. The van der Waals surface area contributed by atoms with E-state index in [0.717, 1.165) is 62.8 Å².